The first-order valence-corrected chi connectivity index (χ1v) is 14.9. The molecule has 0 radical (unpaired) electrons. The van der Waals surface area contributed by atoms with Crippen molar-refractivity contribution < 1.29 is 34.8 Å². The molecule has 6 rings (SSSR count). The van der Waals surface area contributed by atoms with Gasteiger partial charge >= 0.3 is 0 Å². The standard InChI is InChI=1S/C34H38N2O7/c1-16-5-4-6-19(16)13-17-7-9-18(10-8-17)21-11-12-24(37)26-22(21)14-20-15-23-28(36(2)3)30(39)27(33(35)42)32(41)34(23,43)31(40)25(20)29(26)38/h7-12,16,19-20,23,28,37-38,41,43H,4-6,13-15H2,1-3H3,(H2,35,42). The number of phenols is 1. The molecule has 0 bridgehead atoms. The van der Waals surface area contributed by atoms with E-state index in [0.717, 1.165) is 23.5 Å². The molecule has 0 spiro atoms. The number of phenolic OH excluding ortho intramolecular Hbond substituents is 1. The van der Waals surface area contributed by atoms with Gasteiger partial charge in [0.05, 0.1) is 11.6 Å². The number of benzene rings is 2. The number of likely N-dealkylation sites (N-methyl/N-ethyl adjacent to an activating group) is 1. The van der Waals surface area contributed by atoms with Gasteiger partial charge < -0.3 is 26.2 Å². The second kappa shape index (κ2) is 10.3. The smallest absolute Gasteiger partial charge is 0.255 e. The van der Waals surface area contributed by atoms with Gasteiger partial charge in [-0.05, 0) is 85.9 Å². The molecule has 0 aromatic heterocycles. The van der Waals surface area contributed by atoms with E-state index in [1.165, 1.54) is 35.8 Å². The van der Waals surface area contributed by atoms with Crippen LogP contribution < -0.4 is 5.73 Å². The molecule has 226 valence electrons. The van der Waals surface area contributed by atoms with Crippen molar-refractivity contribution in [2.24, 2.45) is 29.4 Å². The summed E-state index contributed by atoms with van der Waals surface area (Å²) in [4.78, 5) is 41.0. The third-order valence-electron chi connectivity index (χ3n) is 10.4. The number of carbonyl (C=O) groups excluding carboxylic acids is 3. The van der Waals surface area contributed by atoms with Crippen LogP contribution in [0.3, 0.4) is 0 Å². The fourth-order valence-electron chi connectivity index (χ4n) is 8.16. The van der Waals surface area contributed by atoms with Gasteiger partial charge in [0, 0.05) is 11.5 Å². The lowest BCUT2D eigenvalue weighted by Gasteiger charge is -2.50. The SMILES string of the molecule is CC1CCCC1Cc1ccc(-c2ccc(O)c3c2CC2CC4C(N(C)C)C(=O)C(C(N)=O)=C(O)C4(O)C(=O)C2=C3O)cc1. The van der Waals surface area contributed by atoms with Crippen molar-refractivity contribution >= 4 is 23.2 Å². The van der Waals surface area contributed by atoms with Crippen LogP contribution in [0.1, 0.15) is 49.3 Å². The highest BCUT2D eigenvalue weighted by Gasteiger charge is 2.64. The lowest BCUT2D eigenvalue weighted by Crippen LogP contribution is -2.65. The molecule has 6 unspecified atom stereocenters. The maximum atomic E-state index is 14.0. The first kappa shape index (κ1) is 29.1. The Morgan fingerprint density at radius 2 is 1.74 bits per heavy atom. The zero-order valence-electron chi connectivity index (χ0n) is 24.6. The molecule has 1 amide bonds. The Balaban J connectivity index is 1.43. The molecule has 2 fully saturated rings. The summed E-state index contributed by atoms with van der Waals surface area (Å²) in [5, 5.41) is 45.2. The summed E-state index contributed by atoms with van der Waals surface area (Å²) < 4.78 is 0. The minimum atomic E-state index is -2.65. The first-order chi connectivity index (χ1) is 20.4. The number of nitrogens with two attached hydrogens (primary N) is 1. The lowest BCUT2D eigenvalue weighted by atomic mass is 9.57. The van der Waals surface area contributed by atoms with Crippen molar-refractivity contribution in [1.29, 1.82) is 0 Å². The molecule has 0 saturated heterocycles. The number of nitrogens with zero attached hydrogens (tertiary/aromatic N) is 1. The van der Waals surface area contributed by atoms with Crippen molar-refractivity contribution in [2.75, 3.05) is 14.1 Å². The van der Waals surface area contributed by atoms with Crippen molar-refractivity contribution in [1.82, 2.24) is 4.90 Å². The number of Topliss-reactive ketones (excluding diaryl/α,β-unsaturated/α-hetero) is 2. The van der Waals surface area contributed by atoms with E-state index in [0.29, 0.717) is 11.5 Å². The molecule has 6 atom stereocenters. The Labute approximate surface area is 250 Å². The molecule has 9 nitrogen and oxygen atoms in total. The van der Waals surface area contributed by atoms with Crippen molar-refractivity contribution in [3.05, 3.63) is 70.0 Å². The topological polar surface area (TPSA) is 161 Å². The molecule has 6 N–H and O–H groups in total. The fraction of sp³-hybridized carbons (Fsp3) is 0.441. The summed E-state index contributed by atoms with van der Waals surface area (Å²) in [6.45, 7) is 2.32. The van der Waals surface area contributed by atoms with Gasteiger partial charge in [0.25, 0.3) is 5.91 Å². The van der Waals surface area contributed by atoms with E-state index in [-0.39, 0.29) is 29.7 Å². The number of carbonyl (C=O) groups is 3. The zero-order valence-corrected chi connectivity index (χ0v) is 24.6. The second-order valence-electron chi connectivity index (χ2n) is 13.0. The molecular weight excluding hydrogens is 548 g/mol. The number of amides is 1. The number of hydrogen-bond donors (Lipinski definition) is 5. The molecular formula is C34H38N2O7. The maximum Gasteiger partial charge on any atom is 0.255 e. The number of aliphatic hydroxyl groups excluding tert-OH is 2. The van der Waals surface area contributed by atoms with Crippen molar-refractivity contribution in [3.63, 3.8) is 0 Å². The lowest BCUT2D eigenvalue weighted by molar-refractivity contribution is -0.153. The Kier molecular flexibility index (Phi) is 7.01. The van der Waals surface area contributed by atoms with E-state index >= 15 is 0 Å². The van der Waals surface area contributed by atoms with Crippen LogP contribution in [-0.4, -0.2) is 68.5 Å². The van der Waals surface area contributed by atoms with E-state index < -0.39 is 58.0 Å². The normalized spacial score (nSPS) is 30.4. The van der Waals surface area contributed by atoms with E-state index in [4.69, 9.17) is 5.73 Å². The second-order valence-corrected chi connectivity index (χ2v) is 13.0. The third kappa shape index (κ3) is 4.32. The van der Waals surface area contributed by atoms with Crippen LogP contribution in [0, 0.1) is 23.7 Å². The van der Waals surface area contributed by atoms with Crippen LogP contribution in [0.5, 0.6) is 5.75 Å². The summed E-state index contributed by atoms with van der Waals surface area (Å²) in [6, 6.07) is 10.5. The number of rotatable bonds is 5. The van der Waals surface area contributed by atoms with E-state index in [2.05, 4.69) is 19.1 Å². The average molecular weight is 587 g/mol. The summed E-state index contributed by atoms with van der Waals surface area (Å²) in [5.41, 5.74) is 5.49. The first-order valence-electron chi connectivity index (χ1n) is 14.9. The molecule has 2 aromatic carbocycles. The van der Waals surface area contributed by atoms with Crippen molar-refractivity contribution in [2.45, 2.75) is 57.1 Å². The molecule has 43 heavy (non-hydrogen) atoms. The van der Waals surface area contributed by atoms with Gasteiger partial charge in [-0.2, -0.15) is 0 Å². The van der Waals surface area contributed by atoms with Crippen LogP contribution in [0.4, 0.5) is 0 Å². The Hall–Kier alpha value is -3.95. The van der Waals surface area contributed by atoms with Crippen LogP contribution in [-0.2, 0) is 27.2 Å². The minimum absolute atomic E-state index is 0.0549. The number of ketones is 2. The molecule has 0 heterocycles. The maximum absolute atomic E-state index is 14.0. The number of aromatic hydroxyl groups is 1. The zero-order chi connectivity index (χ0) is 31.0. The van der Waals surface area contributed by atoms with Crippen LogP contribution in [0.15, 0.2) is 53.3 Å². The number of fused-ring (bicyclic) bond motifs is 3. The summed E-state index contributed by atoms with van der Waals surface area (Å²) in [6.07, 6.45) is 5.13. The molecule has 2 saturated carbocycles. The highest BCUT2D eigenvalue weighted by Crippen LogP contribution is 2.53. The van der Waals surface area contributed by atoms with Crippen LogP contribution in [0.25, 0.3) is 16.9 Å². The quantitative estimate of drug-likeness (QED) is 0.332. The Morgan fingerprint density at radius 3 is 2.35 bits per heavy atom. The summed E-state index contributed by atoms with van der Waals surface area (Å²) in [5.74, 6) is -5.16. The highest BCUT2D eigenvalue weighted by atomic mass is 16.3. The molecule has 4 aliphatic rings. The summed E-state index contributed by atoms with van der Waals surface area (Å²) >= 11 is 0. The molecule has 4 aliphatic carbocycles. The van der Waals surface area contributed by atoms with Gasteiger partial charge in [0.15, 0.2) is 11.4 Å². The van der Waals surface area contributed by atoms with E-state index in [1.54, 1.807) is 20.2 Å². The molecule has 2 aromatic rings. The number of aliphatic hydroxyl groups is 3. The predicted molar refractivity (Wildman–Crippen MR) is 160 cm³/mol. The average Bonchev–Trinajstić information content (AvgIpc) is 3.35. The van der Waals surface area contributed by atoms with E-state index in [9.17, 15) is 34.8 Å². The number of primary amides is 1. The van der Waals surface area contributed by atoms with Gasteiger partial charge in [-0.3, -0.25) is 19.3 Å². The van der Waals surface area contributed by atoms with Gasteiger partial charge in [-0.25, -0.2) is 0 Å². The third-order valence-corrected chi connectivity index (χ3v) is 10.4. The van der Waals surface area contributed by atoms with Gasteiger partial charge in [-0.15, -0.1) is 0 Å². The summed E-state index contributed by atoms with van der Waals surface area (Å²) in [7, 11) is 3.17. The fourth-order valence-corrected chi connectivity index (χ4v) is 8.16. The monoisotopic (exact) mass is 586 g/mol. The molecule has 0 aliphatic heterocycles. The van der Waals surface area contributed by atoms with E-state index in [1.807, 2.05) is 12.1 Å². The largest absolute Gasteiger partial charge is 0.508 e. The van der Waals surface area contributed by atoms with Gasteiger partial charge in [-0.1, -0.05) is 50.1 Å². The van der Waals surface area contributed by atoms with Crippen LogP contribution in [0.2, 0.25) is 0 Å². The van der Waals surface area contributed by atoms with Gasteiger partial charge in [0.2, 0.25) is 5.78 Å². The van der Waals surface area contributed by atoms with Crippen LogP contribution >= 0.6 is 0 Å². The van der Waals surface area contributed by atoms with Crippen molar-refractivity contribution in [3.8, 4) is 16.9 Å². The minimum Gasteiger partial charge on any atom is -0.508 e. The predicted octanol–water partition coefficient (Wildman–Crippen LogP) is 3.61. The van der Waals surface area contributed by atoms with Gasteiger partial charge in [0.1, 0.15) is 22.8 Å². The number of hydrogen-bond acceptors (Lipinski definition) is 8. The molecule has 9 heteroatoms. The Bertz CT molecular complexity index is 1610. The highest BCUT2D eigenvalue weighted by molar-refractivity contribution is 6.24. The Morgan fingerprint density at radius 1 is 1.05 bits per heavy atom.